The second kappa shape index (κ2) is 16.9. The van der Waals surface area contributed by atoms with Crippen LogP contribution in [0.1, 0.15) is 71.5 Å². The number of nitrogen functional groups attached to an aromatic ring is 1. The predicted octanol–water partition coefficient (Wildman–Crippen LogP) is 6.33. The lowest BCUT2D eigenvalue weighted by atomic mass is 10.0. The molecule has 1 aliphatic rings. The van der Waals surface area contributed by atoms with Crippen LogP contribution in [0.4, 0.5) is 17.1 Å². The van der Waals surface area contributed by atoms with E-state index in [1.807, 2.05) is 42.5 Å². The van der Waals surface area contributed by atoms with Gasteiger partial charge < -0.3 is 36.1 Å². The van der Waals surface area contributed by atoms with Crippen LogP contribution in [0.25, 0.3) is 0 Å². The summed E-state index contributed by atoms with van der Waals surface area (Å²) in [5.41, 5.74) is 10.1. The van der Waals surface area contributed by atoms with E-state index in [0.29, 0.717) is 52.7 Å². The number of aliphatic hydroxyl groups is 1. The molecule has 5 rings (SSSR count). The molecule has 3 atom stereocenters. The molecule has 3 aromatic carbocycles. The molecule has 250 valence electrons. The van der Waals surface area contributed by atoms with Gasteiger partial charge in [0.15, 0.2) is 6.29 Å². The number of aliphatic hydroxyl groups excluding tert-OH is 1. The third kappa shape index (κ3) is 9.64. The van der Waals surface area contributed by atoms with E-state index in [4.69, 9.17) is 15.2 Å². The fourth-order valence-electron chi connectivity index (χ4n) is 5.24. The van der Waals surface area contributed by atoms with Crippen LogP contribution in [0.15, 0.2) is 96.2 Å². The number of para-hydroxylation sites is 2. The van der Waals surface area contributed by atoms with Crippen molar-refractivity contribution in [1.29, 1.82) is 0 Å². The van der Waals surface area contributed by atoms with E-state index in [9.17, 15) is 24.6 Å². The fraction of sp³-hybridized carbons (Fsp3) is 0.278. The van der Waals surface area contributed by atoms with Gasteiger partial charge in [0.05, 0.1) is 35.8 Å². The summed E-state index contributed by atoms with van der Waals surface area (Å²) in [6, 6.07) is 25.0. The van der Waals surface area contributed by atoms with Crippen LogP contribution in [0.3, 0.4) is 0 Å². The highest BCUT2D eigenvalue weighted by atomic mass is 32.2. The number of hydrogen-bond donors (Lipinski definition) is 5. The quantitative estimate of drug-likeness (QED) is 0.0580. The number of hydrogen-bond acceptors (Lipinski definition) is 9. The number of carboxylic acids is 1. The van der Waals surface area contributed by atoms with Crippen LogP contribution in [-0.4, -0.2) is 44.8 Å². The highest BCUT2D eigenvalue weighted by Crippen LogP contribution is 2.40. The molecule has 4 aromatic rings. The number of pyridine rings is 1. The highest BCUT2D eigenvalue weighted by molar-refractivity contribution is 7.99. The van der Waals surface area contributed by atoms with Gasteiger partial charge in [0, 0.05) is 42.5 Å². The normalized spacial score (nSPS) is 17.4. The number of carbonyl (C=O) groups excluding carboxylic acids is 2. The van der Waals surface area contributed by atoms with Gasteiger partial charge in [-0.2, -0.15) is 0 Å². The summed E-state index contributed by atoms with van der Waals surface area (Å²) < 4.78 is 12.8. The Morgan fingerprint density at radius 3 is 2.35 bits per heavy atom. The summed E-state index contributed by atoms with van der Waals surface area (Å²) in [4.78, 5) is 41.0. The van der Waals surface area contributed by atoms with Gasteiger partial charge in [0.25, 0.3) is 0 Å². The van der Waals surface area contributed by atoms with Gasteiger partial charge in [0.2, 0.25) is 11.8 Å². The Morgan fingerprint density at radius 2 is 1.62 bits per heavy atom. The Balaban J connectivity index is 1.20. The second-order valence-corrected chi connectivity index (χ2v) is 12.3. The van der Waals surface area contributed by atoms with Crippen LogP contribution in [-0.2, 0) is 25.7 Å². The lowest BCUT2D eigenvalue weighted by Gasteiger charge is -2.36. The molecule has 1 saturated heterocycles. The molecule has 2 amide bonds. The molecule has 1 fully saturated rings. The van der Waals surface area contributed by atoms with Gasteiger partial charge >= 0.3 is 5.97 Å². The first-order chi connectivity index (χ1) is 23.3. The average Bonchev–Trinajstić information content (AvgIpc) is 3.10. The molecule has 0 saturated carbocycles. The largest absolute Gasteiger partial charge is 0.478 e. The predicted molar refractivity (Wildman–Crippen MR) is 183 cm³/mol. The van der Waals surface area contributed by atoms with Crippen molar-refractivity contribution in [2.75, 3.05) is 22.1 Å². The lowest BCUT2D eigenvalue weighted by Crippen LogP contribution is -2.31. The van der Waals surface area contributed by atoms with Gasteiger partial charge in [-0.05, 0) is 60.4 Å². The van der Waals surface area contributed by atoms with E-state index >= 15 is 0 Å². The number of unbranched alkanes of at least 4 members (excludes halogenated alkanes) is 1. The molecule has 12 heteroatoms. The van der Waals surface area contributed by atoms with E-state index < -0.39 is 12.3 Å². The summed E-state index contributed by atoms with van der Waals surface area (Å²) in [6.45, 7) is -0.0650. The summed E-state index contributed by atoms with van der Waals surface area (Å²) in [6.07, 6.45) is 2.27. The molecule has 0 aliphatic carbocycles. The van der Waals surface area contributed by atoms with E-state index in [0.717, 1.165) is 11.1 Å². The number of nitrogens with zero attached hydrogens (tertiary/aromatic N) is 1. The fourth-order valence-corrected chi connectivity index (χ4v) is 6.25. The van der Waals surface area contributed by atoms with E-state index in [1.54, 1.807) is 42.6 Å². The second-order valence-electron chi connectivity index (χ2n) is 11.3. The van der Waals surface area contributed by atoms with Crippen molar-refractivity contribution in [1.82, 2.24) is 4.98 Å². The van der Waals surface area contributed by atoms with Gasteiger partial charge in [0.1, 0.15) is 5.03 Å². The van der Waals surface area contributed by atoms with E-state index in [1.165, 1.54) is 17.8 Å². The number of amides is 2. The molecule has 0 bridgehead atoms. The van der Waals surface area contributed by atoms with Crippen LogP contribution >= 0.6 is 11.8 Å². The Kier molecular flexibility index (Phi) is 12.2. The topological polar surface area (TPSA) is 173 Å². The molecular weight excluding hydrogens is 632 g/mol. The molecule has 11 nitrogen and oxygen atoms in total. The maximum atomic E-state index is 12.8. The first-order valence-electron chi connectivity index (χ1n) is 15.6. The number of nitrogens with one attached hydrogen (secondary N) is 2. The first-order valence-corrected chi connectivity index (χ1v) is 16.6. The molecule has 0 radical (unpaired) electrons. The average molecular weight is 671 g/mol. The van der Waals surface area contributed by atoms with Crippen LogP contribution < -0.4 is 16.4 Å². The Labute approximate surface area is 282 Å². The maximum absolute atomic E-state index is 12.8. The first kappa shape index (κ1) is 34.6. The highest BCUT2D eigenvalue weighted by Gasteiger charge is 2.33. The number of aromatic nitrogens is 1. The Hall–Kier alpha value is -4.75. The van der Waals surface area contributed by atoms with E-state index in [2.05, 4.69) is 15.6 Å². The molecule has 1 aromatic heterocycles. The minimum Gasteiger partial charge on any atom is -0.478 e. The van der Waals surface area contributed by atoms with Crippen LogP contribution in [0, 0.1) is 0 Å². The number of anilines is 3. The van der Waals surface area contributed by atoms with E-state index in [-0.39, 0.29) is 49.0 Å². The van der Waals surface area contributed by atoms with Crippen molar-refractivity contribution in [3.63, 3.8) is 0 Å². The third-order valence-corrected chi connectivity index (χ3v) is 8.89. The number of thioether (sulfide) groups is 1. The maximum Gasteiger partial charge on any atom is 0.338 e. The van der Waals surface area contributed by atoms with Crippen molar-refractivity contribution < 1.29 is 34.1 Å². The molecule has 6 N–H and O–H groups in total. The Morgan fingerprint density at radius 1 is 0.875 bits per heavy atom. The molecule has 0 spiro atoms. The van der Waals surface area contributed by atoms with Crippen molar-refractivity contribution in [2.24, 2.45) is 0 Å². The summed E-state index contributed by atoms with van der Waals surface area (Å²) in [5.74, 6) is -0.937. The number of benzene rings is 3. The molecule has 1 aliphatic heterocycles. The zero-order chi connectivity index (χ0) is 33.9. The molecule has 2 heterocycles. The zero-order valence-electron chi connectivity index (χ0n) is 26.2. The standard InChI is InChI=1S/C36H38N4O7S/c37-29-10-1-2-11-30(29)40-33(43)13-4-3-12-32(42)39-26-8-5-7-25(19-26)36-46-27(22-48-34-28(35(44)45)9-6-18-38-34)20-31(47-36)24-16-14-23(21-41)15-17-24/h1-2,5-11,14-19,27,31,36,41H,3-4,12-13,20-22,37H2,(H,39,42)(H,40,43)(H,44,45)/t27-,31+,36+/m0/s1. The minimum atomic E-state index is -1.05. The van der Waals surface area contributed by atoms with Gasteiger partial charge in [-0.15, -0.1) is 11.8 Å². The smallest absolute Gasteiger partial charge is 0.338 e. The van der Waals surface area contributed by atoms with Crippen molar-refractivity contribution >= 4 is 46.6 Å². The number of aromatic carboxylic acids is 1. The lowest BCUT2D eigenvalue weighted by molar-refractivity contribution is -0.245. The Bertz CT molecular complexity index is 1720. The summed E-state index contributed by atoms with van der Waals surface area (Å²) in [7, 11) is 0. The number of carboxylic acid groups (broad SMARTS) is 1. The van der Waals surface area contributed by atoms with Crippen molar-refractivity contribution in [3.8, 4) is 0 Å². The third-order valence-electron chi connectivity index (χ3n) is 7.76. The molecule has 48 heavy (non-hydrogen) atoms. The van der Waals surface area contributed by atoms with Gasteiger partial charge in [-0.25, -0.2) is 9.78 Å². The monoisotopic (exact) mass is 670 g/mol. The van der Waals surface area contributed by atoms with Crippen molar-refractivity contribution in [3.05, 3.63) is 113 Å². The van der Waals surface area contributed by atoms with Crippen LogP contribution in [0.2, 0.25) is 0 Å². The van der Waals surface area contributed by atoms with Gasteiger partial charge in [-0.1, -0.05) is 48.5 Å². The minimum absolute atomic E-state index is 0.0650. The van der Waals surface area contributed by atoms with Gasteiger partial charge in [-0.3, -0.25) is 9.59 Å². The number of carbonyl (C=O) groups is 3. The van der Waals surface area contributed by atoms with Crippen molar-refractivity contribution in [2.45, 2.75) is 62.2 Å². The molecular formula is C36H38N4O7S. The number of ether oxygens (including phenoxy) is 2. The number of nitrogens with two attached hydrogens (primary N) is 1. The number of rotatable bonds is 14. The summed E-state index contributed by atoms with van der Waals surface area (Å²) >= 11 is 1.31. The SMILES string of the molecule is Nc1ccccc1NC(=O)CCCCC(=O)Nc1cccc([C@@H]2O[C@H](CSc3ncccc3C(=O)O)C[C@H](c3ccc(CO)cc3)O2)c1. The van der Waals surface area contributed by atoms with Crippen LogP contribution in [0.5, 0.6) is 0 Å². The summed E-state index contributed by atoms with van der Waals surface area (Å²) in [5, 5.41) is 25.2. The zero-order valence-corrected chi connectivity index (χ0v) is 27.0. The molecule has 0 unspecified atom stereocenters.